The molecule has 1 N–H and O–H groups in total. The lowest BCUT2D eigenvalue weighted by Gasteiger charge is -2.36. The van der Waals surface area contributed by atoms with Crippen molar-refractivity contribution < 1.29 is 9.21 Å². The first-order valence-electron chi connectivity index (χ1n) is 8.79. The zero-order chi connectivity index (χ0) is 15.4. The van der Waals surface area contributed by atoms with Crippen molar-refractivity contribution in [1.82, 2.24) is 10.2 Å². The van der Waals surface area contributed by atoms with Gasteiger partial charge in [-0.3, -0.25) is 4.79 Å². The Balaban J connectivity index is 1.50. The highest BCUT2D eigenvalue weighted by atomic mass is 16.3. The molecule has 2 aliphatic rings. The second-order valence-electron chi connectivity index (χ2n) is 7.01. The number of carbonyl (C=O) groups excluding carboxylic acids is 1. The van der Waals surface area contributed by atoms with Crippen molar-refractivity contribution in [3.05, 3.63) is 23.7 Å². The van der Waals surface area contributed by atoms with Crippen molar-refractivity contribution >= 4 is 5.91 Å². The molecule has 1 amide bonds. The van der Waals surface area contributed by atoms with Gasteiger partial charge in [-0.25, -0.2) is 0 Å². The van der Waals surface area contributed by atoms with Gasteiger partial charge in [-0.05, 0) is 51.1 Å². The molecule has 1 aliphatic heterocycles. The molecule has 0 spiro atoms. The van der Waals surface area contributed by atoms with Crippen molar-refractivity contribution in [2.24, 2.45) is 5.92 Å². The van der Waals surface area contributed by atoms with Crippen LogP contribution in [0.25, 0.3) is 0 Å². The Morgan fingerprint density at radius 3 is 2.82 bits per heavy atom. The predicted molar refractivity (Wildman–Crippen MR) is 86.9 cm³/mol. The van der Waals surface area contributed by atoms with Gasteiger partial charge < -0.3 is 14.6 Å². The lowest BCUT2D eigenvalue weighted by Crippen LogP contribution is -2.49. The fourth-order valence-electron chi connectivity index (χ4n) is 3.93. The number of likely N-dealkylation sites (tertiary alicyclic amines) is 1. The highest BCUT2D eigenvalue weighted by Gasteiger charge is 2.25. The first-order chi connectivity index (χ1) is 10.7. The van der Waals surface area contributed by atoms with Crippen LogP contribution in [0, 0.1) is 12.8 Å². The van der Waals surface area contributed by atoms with E-state index in [-0.39, 0.29) is 11.9 Å². The van der Waals surface area contributed by atoms with E-state index in [0.29, 0.717) is 5.76 Å². The molecule has 1 aromatic rings. The first-order valence-corrected chi connectivity index (χ1v) is 8.79. The first kappa shape index (κ1) is 15.6. The van der Waals surface area contributed by atoms with E-state index in [4.69, 9.17) is 4.42 Å². The second kappa shape index (κ2) is 7.32. The van der Waals surface area contributed by atoms with E-state index < -0.39 is 0 Å². The number of amides is 1. The van der Waals surface area contributed by atoms with Crippen LogP contribution in [0.4, 0.5) is 0 Å². The van der Waals surface area contributed by atoms with E-state index in [0.717, 1.165) is 24.4 Å². The number of hydrogen-bond acceptors (Lipinski definition) is 3. The molecule has 1 aliphatic carbocycles. The summed E-state index contributed by atoms with van der Waals surface area (Å²) in [4.78, 5) is 14.8. The van der Waals surface area contributed by atoms with E-state index in [9.17, 15) is 4.79 Å². The molecule has 1 aromatic heterocycles. The highest BCUT2D eigenvalue weighted by Crippen LogP contribution is 2.25. The normalized spacial score (nSPS) is 24.3. The fraction of sp³-hybridized carbons (Fsp3) is 0.722. The van der Waals surface area contributed by atoms with Gasteiger partial charge in [0.15, 0.2) is 5.76 Å². The topological polar surface area (TPSA) is 45.5 Å². The maximum absolute atomic E-state index is 12.3. The number of hydrogen-bond donors (Lipinski definition) is 1. The SMILES string of the molecule is Cc1ccoc1C(=O)NC1CCCN(CC2CCCCC2)C1. The maximum Gasteiger partial charge on any atom is 0.287 e. The minimum Gasteiger partial charge on any atom is -0.459 e. The molecule has 1 saturated carbocycles. The smallest absolute Gasteiger partial charge is 0.287 e. The number of piperidine rings is 1. The van der Waals surface area contributed by atoms with Crippen molar-refractivity contribution in [2.45, 2.75) is 57.9 Å². The maximum atomic E-state index is 12.3. The quantitative estimate of drug-likeness (QED) is 0.927. The summed E-state index contributed by atoms with van der Waals surface area (Å²) >= 11 is 0. The summed E-state index contributed by atoms with van der Waals surface area (Å²) in [5.41, 5.74) is 0.910. The molecular formula is C18H28N2O2. The van der Waals surface area contributed by atoms with Crippen LogP contribution in [0.15, 0.2) is 16.7 Å². The van der Waals surface area contributed by atoms with Crippen molar-refractivity contribution in [1.29, 1.82) is 0 Å². The minimum absolute atomic E-state index is 0.0629. The third-order valence-corrected chi connectivity index (χ3v) is 5.15. The van der Waals surface area contributed by atoms with Crippen LogP contribution < -0.4 is 5.32 Å². The van der Waals surface area contributed by atoms with Crippen LogP contribution in [0.3, 0.4) is 0 Å². The second-order valence-corrected chi connectivity index (χ2v) is 7.01. The number of rotatable bonds is 4. The lowest BCUT2D eigenvalue weighted by atomic mass is 9.88. The van der Waals surface area contributed by atoms with Crippen LogP contribution in [0.2, 0.25) is 0 Å². The molecule has 0 bridgehead atoms. The Hall–Kier alpha value is -1.29. The van der Waals surface area contributed by atoms with Crippen LogP contribution >= 0.6 is 0 Å². The zero-order valence-electron chi connectivity index (χ0n) is 13.6. The van der Waals surface area contributed by atoms with E-state index in [1.807, 2.05) is 13.0 Å². The van der Waals surface area contributed by atoms with Gasteiger partial charge in [0.25, 0.3) is 5.91 Å². The Labute approximate surface area is 133 Å². The molecule has 1 saturated heterocycles. The molecule has 4 heteroatoms. The molecule has 0 radical (unpaired) electrons. The van der Waals surface area contributed by atoms with Gasteiger partial charge in [-0.1, -0.05) is 19.3 Å². The molecule has 22 heavy (non-hydrogen) atoms. The monoisotopic (exact) mass is 304 g/mol. The zero-order valence-corrected chi connectivity index (χ0v) is 13.6. The number of aryl methyl sites for hydroxylation is 1. The van der Waals surface area contributed by atoms with Crippen molar-refractivity contribution in [2.75, 3.05) is 19.6 Å². The summed E-state index contributed by atoms with van der Waals surface area (Å²) < 4.78 is 5.29. The number of carbonyl (C=O) groups is 1. The molecule has 0 aromatic carbocycles. The van der Waals surface area contributed by atoms with Gasteiger partial charge in [0.05, 0.1) is 6.26 Å². The number of nitrogens with zero attached hydrogens (tertiary/aromatic N) is 1. The number of nitrogens with one attached hydrogen (secondary N) is 1. The van der Waals surface area contributed by atoms with Crippen molar-refractivity contribution in [3.8, 4) is 0 Å². The molecule has 1 unspecified atom stereocenters. The predicted octanol–water partition coefficient (Wildman–Crippen LogP) is 3.36. The van der Waals surface area contributed by atoms with Crippen molar-refractivity contribution in [3.63, 3.8) is 0 Å². The summed E-state index contributed by atoms with van der Waals surface area (Å²) in [6, 6.07) is 2.10. The molecule has 122 valence electrons. The fourth-order valence-corrected chi connectivity index (χ4v) is 3.93. The van der Waals surface area contributed by atoms with Crippen LogP contribution in [0.5, 0.6) is 0 Å². The van der Waals surface area contributed by atoms with E-state index in [1.54, 1.807) is 6.26 Å². The Kier molecular flexibility index (Phi) is 5.19. The van der Waals surface area contributed by atoms with Gasteiger partial charge in [0.2, 0.25) is 0 Å². The molecule has 1 atom stereocenters. The summed E-state index contributed by atoms with van der Waals surface area (Å²) in [5.74, 6) is 1.27. The highest BCUT2D eigenvalue weighted by molar-refractivity contribution is 5.93. The molecular weight excluding hydrogens is 276 g/mol. The van der Waals surface area contributed by atoms with Crippen LogP contribution in [0.1, 0.15) is 61.1 Å². The third kappa shape index (κ3) is 3.92. The molecule has 4 nitrogen and oxygen atoms in total. The van der Waals surface area contributed by atoms with Gasteiger partial charge in [0.1, 0.15) is 0 Å². The van der Waals surface area contributed by atoms with E-state index >= 15 is 0 Å². The molecule has 2 heterocycles. The summed E-state index contributed by atoms with van der Waals surface area (Å²) in [7, 11) is 0. The lowest BCUT2D eigenvalue weighted by molar-refractivity contribution is 0.0862. The van der Waals surface area contributed by atoms with Crippen LogP contribution in [-0.4, -0.2) is 36.5 Å². The molecule has 2 fully saturated rings. The van der Waals surface area contributed by atoms with Crippen LogP contribution in [-0.2, 0) is 0 Å². The van der Waals surface area contributed by atoms with Gasteiger partial charge in [-0.15, -0.1) is 0 Å². The summed E-state index contributed by atoms with van der Waals surface area (Å²) in [6.45, 7) is 5.30. The summed E-state index contributed by atoms with van der Waals surface area (Å²) in [6.07, 6.45) is 10.8. The van der Waals surface area contributed by atoms with Gasteiger partial charge in [-0.2, -0.15) is 0 Å². The number of furan rings is 1. The molecule has 3 rings (SSSR count). The van der Waals surface area contributed by atoms with Gasteiger partial charge in [0, 0.05) is 24.7 Å². The third-order valence-electron chi connectivity index (χ3n) is 5.15. The largest absolute Gasteiger partial charge is 0.459 e. The van der Waals surface area contributed by atoms with E-state index in [2.05, 4.69) is 10.2 Å². The Morgan fingerprint density at radius 1 is 1.27 bits per heavy atom. The Morgan fingerprint density at radius 2 is 2.09 bits per heavy atom. The minimum atomic E-state index is -0.0629. The summed E-state index contributed by atoms with van der Waals surface area (Å²) in [5, 5.41) is 3.15. The standard InChI is InChI=1S/C18H28N2O2/c1-14-9-11-22-17(14)18(21)19-16-8-5-10-20(13-16)12-15-6-3-2-4-7-15/h9,11,15-16H,2-8,10,12-13H2,1H3,(H,19,21). The van der Waals surface area contributed by atoms with E-state index in [1.165, 1.54) is 51.6 Å². The average Bonchev–Trinajstić information content (AvgIpc) is 2.95. The Bertz CT molecular complexity index is 491. The average molecular weight is 304 g/mol. The van der Waals surface area contributed by atoms with Gasteiger partial charge >= 0.3 is 0 Å².